The number of unbranched alkanes of at least 4 members (excludes halogenated alkanes) is 1. The molecule has 31 heavy (non-hydrogen) atoms. The van der Waals surface area contributed by atoms with E-state index >= 15 is 0 Å². The highest BCUT2D eigenvalue weighted by Crippen LogP contribution is 2.27. The number of hydrogen-bond acceptors (Lipinski definition) is 4. The molecule has 1 aromatic rings. The van der Waals surface area contributed by atoms with Gasteiger partial charge in [0.2, 0.25) is 0 Å². The highest BCUT2D eigenvalue weighted by Gasteiger charge is 2.10. The predicted molar refractivity (Wildman–Crippen MR) is 139 cm³/mol. The number of ether oxygens (including phenoxy) is 1. The van der Waals surface area contributed by atoms with E-state index in [0.29, 0.717) is 12.6 Å². The molecule has 0 aliphatic rings. The average molecular weight is 428 g/mol. The number of methoxy groups -OCH3 is 1. The summed E-state index contributed by atoms with van der Waals surface area (Å²) in [5.41, 5.74) is 3.34. The summed E-state index contributed by atoms with van der Waals surface area (Å²) in [7, 11) is 3.88. The summed E-state index contributed by atoms with van der Waals surface area (Å²) in [5, 5.41) is 0. The molecule has 0 radical (unpaired) electrons. The van der Waals surface area contributed by atoms with E-state index in [1.54, 1.807) is 7.11 Å². The fourth-order valence-corrected chi connectivity index (χ4v) is 3.02. The number of nitrogens with zero attached hydrogens (tertiary/aromatic N) is 3. The molecule has 0 aromatic heterocycles. The Morgan fingerprint density at radius 2 is 1.84 bits per heavy atom. The Balaban J connectivity index is 0.00000436. The Hall–Kier alpha value is -2.33. The molecule has 1 aromatic carbocycles. The first-order chi connectivity index (χ1) is 15.0. The lowest BCUT2D eigenvalue weighted by Crippen LogP contribution is -2.23. The molecule has 0 aliphatic carbocycles. The van der Waals surface area contributed by atoms with E-state index < -0.39 is 0 Å². The highest BCUT2D eigenvalue weighted by molar-refractivity contribution is 5.77. The van der Waals surface area contributed by atoms with Crippen LogP contribution >= 0.6 is 0 Å². The molecule has 0 heterocycles. The van der Waals surface area contributed by atoms with Crippen LogP contribution in [0.25, 0.3) is 5.57 Å². The van der Waals surface area contributed by atoms with Crippen LogP contribution in [0.1, 0.15) is 59.4 Å². The van der Waals surface area contributed by atoms with E-state index in [-0.39, 0.29) is 0 Å². The second-order valence-corrected chi connectivity index (χ2v) is 7.61. The number of hydrogen-bond donors (Lipinski definition) is 0. The van der Waals surface area contributed by atoms with Crippen molar-refractivity contribution in [3.8, 4) is 5.75 Å². The van der Waals surface area contributed by atoms with Gasteiger partial charge in [0.1, 0.15) is 5.75 Å². The van der Waals surface area contributed by atoms with Gasteiger partial charge in [-0.2, -0.15) is 0 Å². The lowest BCUT2D eigenvalue weighted by Gasteiger charge is -2.25. The van der Waals surface area contributed by atoms with Gasteiger partial charge in [0.05, 0.1) is 13.7 Å². The molecule has 0 N–H and O–H groups in total. The van der Waals surface area contributed by atoms with Gasteiger partial charge in [-0.15, -0.1) is 0 Å². The fraction of sp³-hybridized carbons (Fsp3) is 0.519. The largest absolute Gasteiger partial charge is 0.496 e. The van der Waals surface area contributed by atoms with E-state index in [0.717, 1.165) is 36.4 Å². The number of benzene rings is 1. The molecular formula is C27H45N3O. The predicted octanol–water partition coefficient (Wildman–Crippen LogP) is 6.67. The van der Waals surface area contributed by atoms with Crippen LogP contribution in [-0.2, 0) is 0 Å². The zero-order valence-electron chi connectivity index (χ0n) is 21.0. The van der Waals surface area contributed by atoms with Crippen LogP contribution in [0.3, 0.4) is 0 Å². The first-order valence-corrected chi connectivity index (χ1v) is 11.5. The molecule has 4 nitrogen and oxygen atoms in total. The number of allylic oxidation sites excluding steroid dienone is 2. The van der Waals surface area contributed by atoms with Crippen molar-refractivity contribution in [2.75, 3.05) is 33.8 Å². The van der Waals surface area contributed by atoms with Crippen LogP contribution in [0.15, 0.2) is 59.9 Å². The Kier molecular flexibility index (Phi) is 16.1. The van der Waals surface area contributed by atoms with Crippen molar-refractivity contribution in [2.45, 2.75) is 59.9 Å². The summed E-state index contributed by atoms with van der Waals surface area (Å²) in [5.74, 6) is 0.844. The van der Waals surface area contributed by atoms with Crippen molar-refractivity contribution in [3.05, 3.63) is 60.5 Å². The Morgan fingerprint density at radius 1 is 1.16 bits per heavy atom. The molecule has 0 atom stereocenters. The van der Waals surface area contributed by atoms with Crippen molar-refractivity contribution in [3.63, 3.8) is 0 Å². The van der Waals surface area contributed by atoms with Gasteiger partial charge in [0.25, 0.3) is 0 Å². The number of rotatable bonds is 14. The van der Waals surface area contributed by atoms with Crippen LogP contribution in [0.2, 0.25) is 0 Å². The SMILES string of the molecule is C=C/C(=C\N(/C=C(/CCN(C)CCCC)CN=C)C(C)C)c1ccccc1OC.CC. The summed E-state index contributed by atoms with van der Waals surface area (Å²) in [6.45, 7) is 21.1. The number of aliphatic imine (C=N–C) groups is 1. The molecule has 0 unspecified atom stereocenters. The quantitative estimate of drug-likeness (QED) is 0.245. The first kappa shape index (κ1) is 28.7. The van der Waals surface area contributed by atoms with Crippen molar-refractivity contribution >= 4 is 12.3 Å². The molecule has 0 bridgehead atoms. The molecule has 174 valence electrons. The van der Waals surface area contributed by atoms with Gasteiger partial charge < -0.3 is 14.5 Å². The monoisotopic (exact) mass is 427 g/mol. The summed E-state index contributed by atoms with van der Waals surface area (Å²) in [6.07, 6.45) is 9.67. The Morgan fingerprint density at radius 3 is 2.39 bits per heavy atom. The summed E-state index contributed by atoms with van der Waals surface area (Å²) in [4.78, 5) is 8.77. The van der Waals surface area contributed by atoms with Crippen molar-refractivity contribution in [1.29, 1.82) is 0 Å². The van der Waals surface area contributed by atoms with Gasteiger partial charge in [-0.25, -0.2) is 0 Å². The lowest BCUT2D eigenvalue weighted by atomic mass is 10.1. The van der Waals surface area contributed by atoms with Gasteiger partial charge >= 0.3 is 0 Å². The van der Waals surface area contributed by atoms with Crippen LogP contribution in [0, 0.1) is 0 Å². The smallest absolute Gasteiger partial charge is 0.126 e. The normalized spacial score (nSPS) is 11.8. The summed E-state index contributed by atoms with van der Waals surface area (Å²) < 4.78 is 5.54. The van der Waals surface area contributed by atoms with Crippen molar-refractivity contribution in [1.82, 2.24) is 9.80 Å². The standard InChI is InChI=1S/C25H39N3O.C2H6/c1-8-10-16-27(6)17-15-22(18-26-5)19-28(21(3)4)20-23(9-2)24-13-11-12-14-25(24)29-7;1-2/h9,11-14,19-21H,2,5,8,10,15-18H2,1,3-4,6-7H3;1-2H3/b22-19-,23-20+;. The molecule has 1 rings (SSSR count). The third-order valence-electron chi connectivity index (χ3n) is 4.88. The van der Waals surface area contributed by atoms with E-state index in [1.807, 2.05) is 38.1 Å². The van der Waals surface area contributed by atoms with Crippen LogP contribution < -0.4 is 4.74 Å². The second kappa shape index (κ2) is 17.4. The molecule has 0 fully saturated rings. The zero-order chi connectivity index (χ0) is 23.6. The maximum atomic E-state index is 5.54. The Bertz CT molecular complexity index is 691. The van der Waals surface area contributed by atoms with Gasteiger partial charge in [0.15, 0.2) is 0 Å². The van der Waals surface area contributed by atoms with E-state index in [9.17, 15) is 0 Å². The molecule has 0 spiro atoms. The lowest BCUT2D eigenvalue weighted by molar-refractivity contribution is 0.329. The van der Waals surface area contributed by atoms with E-state index in [2.05, 4.69) is 74.4 Å². The van der Waals surface area contributed by atoms with Crippen LogP contribution in [0.4, 0.5) is 0 Å². The van der Waals surface area contributed by atoms with Crippen LogP contribution in [-0.4, -0.2) is 56.4 Å². The fourth-order valence-electron chi connectivity index (χ4n) is 3.02. The highest BCUT2D eigenvalue weighted by atomic mass is 16.5. The third kappa shape index (κ3) is 11.0. The topological polar surface area (TPSA) is 28.1 Å². The molecular weight excluding hydrogens is 382 g/mol. The molecule has 4 heteroatoms. The van der Waals surface area contributed by atoms with E-state index in [4.69, 9.17) is 4.74 Å². The van der Waals surface area contributed by atoms with Crippen molar-refractivity contribution in [2.24, 2.45) is 4.99 Å². The van der Waals surface area contributed by atoms with Crippen LogP contribution in [0.5, 0.6) is 5.75 Å². The molecule has 0 aliphatic heterocycles. The van der Waals surface area contributed by atoms with Gasteiger partial charge in [0, 0.05) is 36.1 Å². The van der Waals surface area contributed by atoms with Gasteiger partial charge in [-0.1, -0.05) is 58.0 Å². The van der Waals surface area contributed by atoms with Crippen molar-refractivity contribution < 1.29 is 4.74 Å². The third-order valence-corrected chi connectivity index (χ3v) is 4.88. The summed E-state index contributed by atoms with van der Waals surface area (Å²) in [6, 6.07) is 8.33. The molecule has 0 saturated heterocycles. The second-order valence-electron chi connectivity index (χ2n) is 7.61. The minimum absolute atomic E-state index is 0.303. The van der Waals surface area contributed by atoms with Gasteiger partial charge in [-0.3, -0.25) is 4.99 Å². The Labute approximate surface area is 192 Å². The first-order valence-electron chi connectivity index (χ1n) is 11.5. The minimum atomic E-state index is 0.303. The zero-order valence-corrected chi connectivity index (χ0v) is 21.0. The minimum Gasteiger partial charge on any atom is -0.496 e. The maximum Gasteiger partial charge on any atom is 0.126 e. The number of para-hydroxylation sites is 1. The molecule has 0 saturated carbocycles. The molecule has 0 amide bonds. The van der Waals surface area contributed by atoms with Gasteiger partial charge in [-0.05, 0) is 58.6 Å². The maximum absolute atomic E-state index is 5.54. The van der Waals surface area contributed by atoms with E-state index in [1.165, 1.54) is 18.4 Å². The average Bonchev–Trinajstić information content (AvgIpc) is 2.79. The summed E-state index contributed by atoms with van der Waals surface area (Å²) >= 11 is 0.